The lowest BCUT2D eigenvalue weighted by atomic mass is 9.88. The molecule has 2 aromatic heterocycles. The Kier molecular flexibility index (Phi) is 11.5. The minimum atomic E-state index is -4.70. The maximum absolute atomic E-state index is 14.0. The number of aromatic nitrogens is 2. The summed E-state index contributed by atoms with van der Waals surface area (Å²) in [5, 5.41) is 0. The molecule has 12 rings (SSSR count). The number of benzene rings is 6. The predicted molar refractivity (Wildman–Crippen MR) is 274 cm³/mol. The SMILES string of the molecule is CCCCCCc1ccc(N2c3ccc(-c4cc5c6c(c4)CCCN6CCC5)cc3Sc3cc(-c4sc(-c5ccc(-c6ccc(C=O)c(C(F)(F)F)c6)c6nsnc56)c5c4OCCO5)ccc32)cc1. The van der Waals surface area contributed by atoms with Gasteiger partial charge in [0.05, 0.1) is 38.4 Å². The number of hydrogen-bond acceptors (Lipinski definition) is 10. The smallest absolute Gasteiger partial charge is 0.417 e. The highest BCUT2D eigenvalue weighted by Gasteiger charge is 2.35. The summed E-state index contributed by atoms with van der Waals surface area (Å²) in [4.78, 5) is 20.6. The average Bonchev–Trinajstić information content (AvgIpc) is 4.03. The molecule has 69 heavy (non-hydrogen) atoms. The van der Waals surface area contributed by atoms with Crippen LogP contribution in [0.3, 0.4) is 0 Å². The number of aldehydes is 1. The van der Waals surface area contributed by atoms with E-state index in [0.29, 0.717) is 46.9 Å². The highest BCUT2D eigenvalue weighted by molar-refractivity contribution is 7.99. The summed E-state index contributed by atoms with van der Waals surface area (Å²) < 4.78 is 64.2. The lowest BCUT2D eigenvalue weighted by Gasteiger charge is -2.37. The predicted octanol–water partition coefficient (Wildman–Crippen LogP) is 15.8. The van der Waals surface area contributed by atoms with E-state index in [1.807, 2.05) is 6.07 Å². The first-order chi connectivity index (χ1) is 33.7. The van der Waals surface area contributed by atoms with Gasteiger partial charge in [0.1, 0.15) is 24.2 Å². The summed E-state index contributed by atoms with van der Waals surface area (Å²) >= 11 is 4.34. The third kappa shape index (κ3) is 7.96. The molecule has 6 aromatic carbocycles. The molecule has 348 valence electrons. The Bertz CT molecular complexity index is 3280. The molecule has 0 radical (unpaired) electrons. The van der Waals surface area contributed by atoms with Gasteiger partial charge in [0.25, 0.3) is 0 Å². The van der Waals surface area contributed by atoms with Gasteiger partial charge in [-0.25, -0.2) is 0 Å². The molecule has 0 aliphatic carbocycles. The first-order valence-corrected chi connectivity index (χ1v) is 26.2. The van der Waals surface area contributed by atoms with Gasteiger partial charge < -0.3 is 19.3 Å². The number of aryl methyl sites for hydroxylation is 3. The highest BCUT2D eigenvalue weighted by atomic mass is 32.2. The van der Waals surface area contributed by atoms with E-state index in [1.54, 1.807) is 29.2 Å². The van der Waals surface area contributed by atoms with Crippen molar-refractivity contribution in [2.75, 3.05) is 36.1 Å². The molecule has 0 amide bonds. The average molecular weight is 977 g/mol. The van der Waals surface area contributed by atoms with E-state index < -0.39 is 17.3 Å². The highest BCUT2D eigenvalue weighted by Crippen LogP contribution is 2.58. The summed E-state index contributed by atoms with van der Waals surface area (Å²) in [6.07, 6.45) is 6.16. The summed E-state index contributed by atoms with van der Waals surface area (Å²) in [5.41, 5.74) is 13.8. The van der Waals surface area contributed by atoms with E-state index in [4.69, 9.17) is 9.47 Å². The van der Waals surface area contributed by atoms with Crippen molar-refractivity contribution in [2.45, 2.75) is 80.7 Å². The minimum Gasteiger partial charge on any atom is -0.485 e. The maximum Gasteiger partial charge on any atom is 0.417 e. The van der Waals surface area contributed by atoms with Crippen LogP contribution in [-0.4, -0.2) is 41.3 Å². The molecule has 0 spiro atoms. The quantitative estimate of drug-likeness (QED) is 0.0938. The zero-order valence-corrected chi connectivity index (χ0v) is 40.4. The third-order valence-corrected chi connectivity index (χ3v) is 16.8. The van der Waals surface area contributed by atoms with Gasteiger partial charge in [-0.15, -0.1) is 11.3 Å². The monoisotopic (exact) mass is 976 g/mol. The Hall–Kier alpha value is -6.15. The molecule has 0 fully saturated rings. The zero-order chi connectivity index (χ0) is 46.8. The van der Waals surface area contributed by atoms with Crippen LogP contribution in [0.5, 0.6) is 11.5 Å². The van der Waals surface area contributed by atoms with E-state index in [1.165, 1.54) is 89.1 Å². The van der Waals surface area contributed by atoms with Gasteiger partial charge in [0.15, 0.2) is 17.8 Å². The van der Waals surface area contributed by atoms with Crippen LogP contribution in [0.15, 0.2) is 113 Å². The van der Waals surface area contributed by atoms with Gasteiger partial charge in [-0.2, -0.15) is 21.9 Å². The second kappa shape index (κ2) is 18.0. The van der Waals surface area contributed by atoms with Gasteiger partial charge in [-0.3, -0.25) is 4.79 Å². The van der Waals surface area contributed by atoms with Crippen molar-refractivity contribution in [2.24, 2.45) is 0 Å². The summed E-state index contributed by atoms with van der Waals surface area (Å²) in [6.45, 7) is 5.31. The van der Waals surface area contributed by atoms with Crippen molar-refractivity contribution in [3.05, 3.63) is 131 Å². The fourth-order valence-corrected chi connectivity index (χ4v) is 13.5. The Labute approximate surface area is 411 Å². The molecule has 0 saturated heterocycles. The van der Waals surface area contributed by atoms with Crippen molar-refractivity contribution in [1.29, 1.82) is 0 Å². The summed E-state index contributed by atoms with van der Waals surface area (Å²) in [7, 11) is 0. The van der Waals surface area contributed by atoms with Crippen molar-refractivity contribution >= 4 is 74.9 Å². The molecule has 13 heteroatoms. The van der Waals surface area contributed by atoms with Crippen LogP contribution in [-0.2, 0) is 25.4 Å². The molecule has 0 atom stereocenters. The number of nitrogens with zero attached hydrogens (tertiary/aromatic N) is 4. The minimum absolute atomic E-state index is 0.231. The molecule has 0 bridgehead atoms. The van der Waals surface area contributed by atoms with E-state index in [-0.39, 0.29) is 6.29 Å². The molecular weight excluding hydrogens is 930 g/mol. The van der Waals surface area contributed by atoms with Crippen molar-refractivity contribution < 1.29 is 27.4 Å². The van der Waals surface area contributed by atoms with Crippen LogP contribution in [0, 0.1) is 0 Å². The molecule has 6 heterocycles. The van der Waals surface area contributed by atoms with E-state index in [9.17, 15) is 18.0 Å². The van der Waals surface area contributed by atoms with Crippen LogP contribution < -0.4 is 19.3 Å². The number of thiophene rings is 1. The van der Waals surface area contributed by atoms with Crippen LogP contribution in [0.2, 0.25) is 0 Å². The zero-order valence-electron chi connectivity index (χ0n) is 38.0. The Morgan fingerprint density at radius 3 is 2.03 bits per heavy atom. The molecule has 7 nitrogen and oxygen atoms in total. The molecular formula is C56H47F3N4O3S3. The molecule has 4 aliphatic rings. The topological polar surface area (TPSA) is 67.8 Å². The second-order valence-corrected chi connectivity index (χ2v) is 20.9. The summed E-state index contributed by atoms with van der Waals surface area (Å²) in [6, 6.07) is 35.0. The standard InChI is InChI=1S/C56H47F3N4O3S3/c1-2-3-4-5-8-33-11-17-41(18-12-33)63-45-21-15-34(40-27-36-9-6-23-62-24-7-10-37(28-40)51(36)62)30-47(45)67-48-31-38(16-22-46(48)63)54-52-53(66-26-25-65-52)55(68-54)43-20-19-42(49-50(43)61-69-60-49)35-13-14-39(32-64)44(29-35)56(57,58)59/h11-22,27-32H,2-10,23-26H2,1H3. The first kappa shape index (κ1) is 44.1. The number of alkyl halides is 3. The van der Waals surface area contributed by atoms with Crippen LogP contribution >= 0.6 is 34.8 Å². The summed E-state index contributed by atoms with van der Waals surface area (Å²) in [5.74, 6) is 1.27. The number of hydrogen-bond donors (Lipinski definition) is 0. The van der Waals surface area contributed by atoms with Crippen molar-refractivity contribution in [3.63, 3.8) is 0 Å². The van der Waals surface area contributed by atoms with Gasteiger partial charge in [-0.1, -0.05) is 86.5 Å². The van der Waals surface area contributed by atoms with E-state index >= 15 is 0 Å². The largest absolute Gasteiger partial charge is 0.485 e. The number of rotatable bonds is 11. The van der Waals surface area contributed by atoms with Gasteiger partial charge in [0.2, 0.25) is 0 Å². The van der Waals surface area contributed by atoms with Crippen molar-refractivity contribution in [1.82, 2.24) is 8.75 Å². The van der Waals surface area contributed by atoms with Crippen LogP contribution in [0.25, 0.3) is 54.2 Å². The Balaban J connectivity index is 0.940. The second-order valence-electron chi connectivity index (χ2n) is 18.3. The molecule has 8 aromatic rings. The lowest BCUT2D eigenvalue weighted by molar-refractivity contribution is -0.137. The lowest BCUT2D eigenvalue weighted by Crippen LogP contribution is -2.34. The number of ether oxygens (including phenoxy) is 2. The number of carbonyl (C=O) groups excluding carboxylic acids is 1. The number of halogens is 3. The van der Waals surface area contributed by atoms with Gasteiger partial charge in [0, 0.05) is 50.9 Å². The van der Waals surface area contributed by atoms with E-state index in [2.05, 4.69) is 98.3 Å². The van der Waals surface area contributed by atoms with Crippen molar-refractivity contribution in [3.8, 4) is 54.6 Å². The number of anilines is 4. The van der Waals surface area contributed by atoms with Crippen LogP contribution in [0.1, 0.15) is 78.1 Å². The first-order valence-electron chi connectivity index (χ1n) is 23.9. The fourth-order valence-electron chi connectivity index (χ4n) is 10.6. The van der Waals surface area contributed by atoms with Crippen LogP contribution in [0.4, 0.5) is 35.9 Å². The van der Waals surface area contributed by atoms with Gasteiger partial charge >= 0.3 is 6.18 Å². The number of carbonyl (C=O) groups is 1. The fraction of sp³-hybridized carbons (Fsp3) is 0.268. The van der Waals surface area contributed by atoms with Gasteiger partial charge in [-0.05, 0) is 132 Å². The number of fused-ring (bicyclic) bond motifs is 4. The van der Waals surface area contributed by atoms with E-state index in [0.717, 1.165) is 93.0 Å². The molecule has 0 N–H and O–H groups in total. The molecule has 4 aliphatic heterocycles. The Morgan fingerprint density at radius 1 is 0.681 bits per heavy atom. The third-order valence-electron chi connectivity index (χ3n) is 13.9. The Morgan fingerprint density at radius 2 is 1.33 bits per heavy atom. The normalized spacial score (nSPS) is 15.0. The molecule has 0 saturated carbocycles. The maximum atomic E-state index is 14.0. The number of unbranched alkanes of at least 4 members (excludes halogenated alkanes) is 3. The molecule has 0 unspecified atom stereocenters.